The second-order valence-electron chi connectivity index (χ2n) is 29.4. The summed E-state index contributed by atoms with van der Waals surface area (Å²) in [6, 6.07) is 0. The van der Waals surface area contributed by atoms with Crippen molar-refractivity contribution >= 4 is 17.9 Å². The molecule has 0 bridgehead atoms. The van der Waals surface area contributed by atoms with Crippen LogP contribution in [-0.4, -0.2) is 87.4 Å². The van der Waals surface area contributed by atoms with Gasteiger partial charge in [0, 0.05) is 12.8 Å². The number of carboxylic acid groups (broad SMARTS) is 1. The van der Waals surface area contributed by atoms with E-state index in [0.717, 1.165) is 141 Å². The molecule has 0 amide bonds. The smallest absolute Gasteiger partial charge is 0.361 e. The number of aliphatic carboxylic acids is 1. The van der Waals surface area contributed by atoms with E-state index in [4.69, 9.17) is 18.9 Å². The predicted octanol–water partition coefficient (Wildman–Crippen LogP) is 28.3. The van der Waals surface area contributed by atoms with Gasteiger partial charge in [0.05, 0.1) is 34.4 Å². The third kappa shape index (κ3) is 85.5. The summed E-state index contributed by atoms with van der Waals surface area (Å²) < 4.78 is 23.1. The van der Waals surface area contributed by atoms with Crippen LogP contribution in [0.25, 0.3) is 0 Å². The third-order valence-electron chi connectivity index (χ3n) is 18.2. The van der Waals surface area contributed by atoms with Gasteiger partial charge in [-0.2, -0.15) is 0 Å². The third-order valence-corrected chi connectivity index (χ3v) is 18.2. The van der Waals surface area contributed by atoms with Crippen molar-refractivity contribution < 1.29 is 42.9 Å². The Morgan fingerprint density at radius 3 is 0.762 bits per heavy atom. The van der Waals surface area contributed by atoms with Gasteiger partial charge in [0.15, 0.2) is 6.10 Å². The Bertz CT molecular complexity index is 2400. The number of allylic oxidation sites excluding steroid dienone is 30. The molecule has 0 saturated heterocycles. The quantitative estimate of drug-likeness (QED) is 0.0211. The maximum Gasteiger partial charge on any atom is 0.361 e. The molecular formula is C96H160NO8+. The average molecular weight is 1460 g/mol. The van der Waals surface area contributed by atoms with E-state index in [1.54, 1.807) is 0 Å². The number of unbranched alkanes of at least 4 members (excludes halogenated alkanes) is 33. The number of carbonyl (C=O) groups excluding carboxylic acids is 2. The van der Waals surface area contributed by atoms with Crippen LogP contribution in [0.5, 0.6) is 0 Å². The number of quaternary nitrogens is 1. The summed E-state index contributed by atoms with van der Waals surface area (Å²) in [4.78, 5) is 37.8. The monoisotopic (exact) mass is 1460 g/mol. The fourth-order valence-corrected chi connectivity index (χ4v) is 11.7. The van der Waals surface area contributed by atoms with Gasteiger partial charge in [-0.05, 0) is 135 Å². The van der Waals surface area contributed by atoms with Crippen LogP contribution in [0.4, 0.5) is 0 Å². The molecule has 105 heavy (non-hydrogen) atoms. The number of nitrogens with zero attached hydrogens (tertiary/aromatic N) is 1. The van der Waals surface area contributed by atoms with Crippen molar-refractivity contribution in [1.29, 1.82) is 0 Å². The van der Waals surface area contributed by atoms with Crippen LogP contribution in [0.2, 0.25) is 0 Å². The number of likely N-dealkylation sites (N-methyl/N-ethyl adjacent to an activating group) is 1. The second-order valence-corrected chi connectivity index (χ2v) is 29.4. The Labute approximate surface area is 647 Å². The van der Waals surface area contributed by atoms with E-state index >= 15 is 0 Å². The van der Waals surface area contributed by atoms with Crippen molar-refractivity contribution in [1.82, 2.24) is 0 Å². The molecule has 596 valence electrons. The normalized spacial score (nSPS) is 13.6. The summed E-state index contributed by atoms with van der Waals surface area (Å²) in [6.45, 7) is 4.65. The molecule has 0 aromatic heterocycles. The van der Waals surface area contributed by atoms with Crippen LogP contribution >= 0.6 is 0 Å². The maximum atomic E-state index is 13.0. The van der Waals surface area contributed by atoms with Crippen LogP contribution < -0.4 is 0 Å². The molecule has 0 aromatic carbocycles. The van der Waals surface area contributed by atoms with E-state index in [9.17, 15) is 19.5 Å². The number of carbonyl (C=O) groups is 3. The number of hydrogen-bond donors (Lipinski definition) is 1. The fourth-order valence-electron chi connectivity index (χ4n) is 11.7. The van der Waals surface area contributed by atoms with E-state index < -0.39 is 24.3 Å². The lowest BCUT2D eigenvalue weighted by Crippen LogP contribution is -2.40. The minimum absolute atomic E-state index is 0.179. The predicted molar refractivity (Wildman–Crippen MR) is 456 cm³/mol. The van der Waals surface area contributed by atoms with Gasteiger partial charge < -0.3 is 28.5 Å². The summed E-state index contributed by atoms with van der Waals surface area (Å²) in [5.74, 6) is -2.02. The fraction of sp³-hybridized carbons (Fsp3) is 0.656. The first-order valence-electron chi connectivity index (χ1n) is 42.9. The van der Waals surface area contributed by atoms with Crippen LogP contribution in [0.15, 0.2) is 182 Å². The Balaban J connectivity index is 4.06. The molecule has 0 aromatic rings. The average Bonchev–Trinajstić information content (AvgIpc) is 1.18. The number of carboxylic acids is 1. The lowest BCUT2D eigenvalue weighted by Gasteiger charge is -2.25. The standard InChI is InChI=1S/C96H159NO8/c1-6-8-10-12-14-16-18-20-22-24-26-28-30-32-34-36-38-40-42-44-46-47-49-51-53-55-57-59-61-63-65-67-69-71-73-75-77-79-81-83-85-87-94(99)105-92(91-104-96(95(100)101)102-89-88-97(3,4)5)90-103-93(98)86-84-82-80-78-76-74-72-70-68-66-64-62-60-58-56-54-52-50-48-45-43-41-39-37-35-33-31-29-27-25-23-21-19-17-15-13-11-9-7-2/h8-11,14-17,20-23,26-29,32,34,38,40,44,46,49,51,55,57,61,63,67,69,92,96H,6-7,12-13,18-19,24-25,30-31,33,35-37,39,41-43,45,47-48,50,52-54,56,58-60,62,64-66,68,70-91H2,1-5H3/p+1/b10-8-,11-9-,16-14-,17-15-,22-20-,23-21-,28-26-,29-27-,34-32-,40-38-,46-44-,51-49-,57-55-,63-61-,69-67-. The van der Waals surface area contributed by atoms with E-state index in [-0.39, 0.29) is 32.2 Å². The van der Waals surface area contributed by atoms with Gasteiger partial charge >= 0.3 is 17.9 Å². The topological polar surface area (TPSA) is 108 Å². The first kappa shape index (κ1) is 99.4. The molecule has 1 N–H and O–H groups in total. The molecule has 0 aliphatic rings. The van der Waals surface area contributed by atoms with Crippen LogP contribution in [0.3, 0.4) is 0 Å². The molecule has 0 fully saturated rings. The van der Waals surface area contributed by atoms with Gasteiger partial charge in [-0.3, -0.25) is 9.59 Å². The highest BCUT2D eigenvalue weighted by Gasteiger charge is 2.25. The molecule has 0 rings (SSSR count). The Hall–Kier alpha value is -5.61. The van der Waals surface area contributed by atoms with Crippen molar-refractivity contribution in [3.05, 3.63) is 182 Å². The molecule has 0 aliphatic heterocycles. The summed E-state index contributed by atoms with van der Waals surface area (Å²) in [7, 11) is 5.98. The highest BCUT2D eigenvalue weighted by atomic mass is 16.7. The number of ether oxygens (including phenoxy) is 4. The van der Waals surface area contributed by atoms with Crippen LogP contribution in [0, 0.1) is 0 Å². The van der Waals surface area contributed by atoms with Crippen molar-refractivity contribution in [3.63, 3.8) is 0 Å². The van der Waals surface area contributed by atoms with E-state index in [0.29, 0.717) is 23.9 Å². The highest BCUT2D eigenvalue weighted by Crippen LogP contribution is 2.19. The maximum absolute atomic E-state index is 13.0. The molecule has 9 heteroatoms. The van der Waals surface area contributed by atoms with Gasteiger partial charge in [-0.1, -0.05) is 382 Å². The van der Waals surface area contributed by atoms with Crippen molar-refractivity contribution in [2.45, 2.75) is 360 Å². The molecule has 9 nitrogen and oxygen atoms in total. The minimum Gasteiger partial charge on any atom is -0.477 e. The van der Waals surface area contributed by atoms with Gasteiger partial charge in [-0.25, -0.2) is 4.79 Å². The van der Waals surface area contributed by atoms with E-state index in [2.05, 4.69) is 196 Å². The number of esters is 2. The highest BCUT2D eigenvalue weighted by molar-refractivity contribution is 5.71. The molecule has 0 saturated carbocycles. The summed E-state index contributed by atoms with van der Waals surface area (Å²) >= 11 is 0. The van der Waals surface area contributed by atoms with Crippen LogP contribution in [0.1, 0.15) is 348 Å². The molecule has 0 spiro atoms. The molecule has 0 radical (unpaired) electrons. The van der Waals surface area contributed by atoms with Crippen molar-refractivity contribution in [2.24, 2.45) is 0 Å². The minimum atomic E-state index is -1.52. The van der Waals surface area contributed by atoms with E-state index in [1.807, 2.05) is 21.1 Å². The Morgan fingerprint density at radius 2 is 0.514 bits per heavy atom. The largest absolute Gasteiger partial charge is 0.477 e. The lowest BCUT2D eigenvalue weighted by atomic mass is 10.0. The zero-order chi connectivity index (χ0) is 76.0. The number of hydrogen-bond acceptors (Lipinski definition) is 7. The molecular weight excluding hydrogens is 1300 g/mol. The first-order chi connectivity index (χ1) is 51.6. The Kier molecular flexibility index (Phi) is 79.5. The molecule has 0 heterocycles. The number of rotatable bonds is 78. The summed E-state index contributed by atoms with van der Waals surface area (Å²) in [5, 5.41) is 9.79. The van der Waals surface area contributed by atoms with E-state index in [1.165, 1.54) is 173 Å². The van der Waals surface area contributed by atoms with Crippen molar-refractivity contribution in [3.8, 4) is 0 Å². The molecule has 2 atom stereocenters. The second kappa shape index (κ2) is 84.0. The first-order valence-corrected chi connectivity index (χ1v) is 42.9. The molecule has 0 aliphatic carbocycles. The molecule has 2 unspecified atom stereocenters. The van der Waals surface area contributed by atoms with Gasteiger partial charge in [0.2, 0.25) is 0 Å². The van der Waals surface area contributed by atoms with Crippen LogP contribution in [-0.2, 0) is 33.3 Å². The zero-order valence-corrected chi connectivity index (χ0v) is 68.3. The Morgan fingerprint density at radius 1 is 0.286 bits per heavy atom. The van der Waals surface area contributed by atoms with Gasteiger partial charge in [-0.15, -0.1) is 0 Å². The van der Waals surface area contributed by atoms with Gasteiger partial charge in [0.1, 0.15) is 13.2 Å². The van der Waals surface area contributed by atoms with Crippen molar-refractivity contribution in [2.75, 3.05) is 47.5 Å². The summed E-state index contributed by atoms with van der Waals surface area (Å²) in [5.41, 5.74) is 0. The van der Waals surface area contributed by atoms with Gasteiger partial charge in [0.25, 0.3) is 6.29 Å². The lowest BCUT2D eigenvalue weighted by molar-refractivity contribution is -0.870. The summed E-state index contributed by atoms with van der Waals surface area (Å²) in [6.07, 6.45) is 125. The SMILES string of the molecule is CC/C=C\C/C=C\C/C=C\C/C=C\C/C=C\C/C=C\C/C=C\C/C=C\C/C=C\C/C=C\C/C=C\CCCCCCCCCC(=O)OC(COC(=O)CCCCCCCCCCCCCCCCCCCCCCCCCCCC/C=C\C/C=C\C/C=C\C/C=C\CC)COC(OCC[N+](C)(C)C)C(=O)O. The zero-order valence-electron chi connectivity index (χ0n) is 68.3.